The van der Waals surface area contributed by atoms with Gasteiger partial charge < -0.3 is 9.64 Å². The predicted molar refractivity (Wildman–Crippen MR) is 79.7 cm³/mol. The highest BCUT2D eigenvalue weighted by molar-refractivity contribution is 9.10. The van der Waals surface area contributed by atoms with Crippen LogP contribution in [0.25, 0.3) is 0 Å². The van der Waals surface area contributed by atoms with Gasteiger partial charge in [0.25, 0.3) is 5.91 Å². The molecule has 0 radical (unpaired) electrons. The van der Waals surface area contributed by atoms with E-state index in [1.54, 1.807) is 0 Å². The molecule has 1 saturated heterocycles. The summed E-state index contributed by atoms with van der Waals surface area (Å²) in [7, 11) is 0. The molecule has 0 aromatic heterocycles. The Hall–Kier alpha value is -1.03. The summed E-state index contributed by atoms with van der Waals surface area (Å²) in [4.78, 5) is 14.2. The second-order valence-corrected chi connectivity index (χ2v) is 5.70. The fourth-order valence-corrected chi connectivity index (χ4v) is 2.67. The fourth-order valence-electron chi connectivity index (χ4n) is 2.18. The lowest BCUT2D eigenvalue weighted by Crippen LogP contribution is -2.27. The number of carbonyl (C=O) groups is 1. The van der Waals surface area contributed by atoms with Crippen LogP contribution in [0.1, 0.15) is 43.0 Å². The van der Waals surface area contributed by atoms with E-state index in [0.717, 1.165) is 54.6 Å². The molecule has 0 atom stereocenters. The maximum atomic E-state index is 12.2. The number of unbranched alkanes of at least 4 members (excludes halogenated alkanes) is 1. The molecule has 1 aromatic rings. The molecule has 19 heavy (non-hydrogen) atoms. The van der Waals surface area contributed by atoms with Gasteiger partial charge in [0.15, 0.2) is 0 Å². The van der Waals surface area contributed by atoms with Gasteiger partial charge >= 0.3 is 0 Å². The Balaban J connectivity index is 2.03. The minimum atomic E-state index is 0.123. The minimum absolute atomic E-state index is 0.123. The zero-order valence-electron chi connectivity index (χ0n) is 11.3. The largest absolute Gasteiger partial charge is 0.492 e. The average molecular weight is 326 g/mol. The summed E-state index contributed by atoms with van der Waals surface area (Å²) >= 11 is 3.48. The first kappa shape index (κ1) is 14.4. The van der Waals surface area contributed by atoms with Crippen LogP contribution < -0.4 is 4.74 Å². The van der Waals surface area contributed by atoms with Gasteiger partial charge in [0, 0.05) is 18.7 Å². The van der Waals surface area contributed by atoms with E-state index in [2.05, 4.69) is 22.9 Å². The van der Waals surface area contributed by atoms with Crippen molar-refractivity contribution in [1.82, 2.24) is 4.90 Å². The van der Waals surface area contributed by atoms with Gasteiger partial charge in [-0.2, -0.15) is 0 Å². The van der Waals surface area contributed by atoms with Crippen molar-refractivity contribution >= 4 is 21.8 Å². The fraction of sp³-hybridized carbons (Fsp3) is 0.533. The number of likely N-dealkylation sites (tertiary alicyclic amines) is 1. The molecule has 0 N–H and O–H groups in total. The summed E-state index contributed by atoms with van der Waals surface area (Å²) in [5, 5.41) is 0. The van der Waals surface area contributed by atoms with E-state index in [0.29, 0.717) is 6.61 Å². The van der Waals surface area contributed by atoms with Crippen LogP contribution in [0.2, 0.25) is 0 Å². The van der Waals surface area contributed by atoms with Gasteiger partial charge in [-0.25, -0.2) is 0 Å². The van der Waals surface area contributed by atoms with Crippen LogP contribution in [0.4, 0.5) is 0 Å². The number of hydrogen-bond donors (Lipinski definition) is 0. The zero-order valence-corrected chi connectivity index (χ0v) is 12.9. The van der Waals surface area contributed by atoms with Crippen LogP contribution in [-0.4, -0.2) is 30.5 Å². The molecular weight excluding hydrogens is 306 g/mol. The summed E-state index contributed by atoms with van der Waals surface area (Å²) in [6.45, 7) is 4.61. The number of hydrogen-bond acceptors (Lipinski definition) is 2. The Morgan fingerprint density at radius 3 is 2.74 bits per heavy atom. The number of rotatable bonds is 5. The summed E-state index contributed by atoms with van der Waals surface area (Å²) in [6, 6.07) is 5.59. The van der Waals surface area contributed by atoms with Crippen molar-refractivity contribution in [1.29, 1.82) is 0 Å². The molecule has 1 fully saturated rings. The quantitative estimate of drug-likeness (QED) is 0.769. The number of amides is 1. The van der Waals surface area contributed by atoms with Gasteiger partial charge in [-0.15, -0.1) is 0 Å². The molecule has 1 aliphatic rings. The molecule has 0 unspecified atom stereocenters. The van der Waals surface area contributed by atoms with Crippen LogP contribution in [-0.2, 0) is 0 Å². The van der Waals surface area contributed by atoms with Gasteiger partial charge in [0.1, 0.15) is 5.75 Å². The third-order valence-corrected chi connectivity index (χ3v) is 3.95. The monoisotopic (exact) mass is 325 g/mol. The van der Waals surface area contributed by atoms with Crippen LogP contribution in [0.5, 0.6) is 5.75 Å². The summed E-state index contributed by atoms with van der Waals surface area (Å²) in [5.74, 6) is 0.935. The van der Waals surface area contributed by atoms with E-state index in [9.17, 15) is 4.79 Å². The van der Waals surface area contributed by atoms with E-state index in [1.807, 2.05) is 23.1 Å². The molecule has 1 heterocycles. The molecule has 2 rings (SSSR count). The number of carbonyl (C=O) groups excluding carboxylic acids is 1. The first-order valence-electron chi connectivity index (χ1n) is 6.94. The second kappa shape index (κ2) is 6.94. The van der Waals surface area contributed by atoms with Crippen LogP contribution in [0.3, 0.4) is 0 Å². The van der Waals surface area contributed by atoms with E-state index < -0.39 is 0 Å². The molecule has 1 aliphatic heterocycles. The molecule has 4 heteroatoms. The van der Waals surface area contributed by atoms with Gasteiger partial charge in [-0.05, 0) is 53.4 Å². The lowest BCUT2D eigenvalue weighted by Gasteiger charge is -2.16. The number of ether oxygens (including phenoxy) is 1. The summed E-state index contributed by atoms with van der Waals surface area (Å²) < 4.78 is 6.52. The highest BCUT2D eigenvalue weighted by atomic mass is 79.9. The predicted octanol–water partition coefficient (Wildman–Crippen LogP) is 3.86. The SMILES string of the molecule is CCCCOc1ccc(C(=O)N2CCCC2)cc1Br. The van der Waals surface area contributed by atoms with Crippen molar-refractivity contribution < 1.29 is 9.53 Å². The lowest BCUT2D eigenvalue weighted by molar-refractivity contribution is 0.0792. The van der Waals surface area contributed by atoms with Crippen molar-refractivity contribution in [3.8, 4) is 5.75 Å². The maximum absolute atomic E-state index is 12.2. The number of halogens is 1. The van der Waals surface area contributed by atoms with Crippen LogP contribution in [0.15, 0.2) is 22.7 Å². The molecule has 1 amide bonds. The van der Waals surface area contributed by atoms with Crippen LogP contribution in [0, 0.1) is 0 Å². The van der Waals surface area contributed by atoms with Crippen molar-refractivity contribution in [3.05, 3.63) is 28.2 Å². The first-order valence-corrected chi connectivity index (χ1v) is 7.73. The zero-order chi connectivity index (χ0) is 13.7. The van der Waals surface area contributed by atoms with Crippen molar-refractivity contribution in [2.75, 3.05) is 19.7 Å². The van der Waals surface area contributed by atoms with Crippen molar-refractivity contribution in [3.63, 3.8) is 0 Å². The van der Waals surface area contributed by atoms with Crippen molar-refractivity contribution in [2.24, 2.45) is 0 Å². The highest BCUT2D eigenvalue weighted by Crippen LogP contribution is 2.27. The lowest BCUT2D eigenvalue weighted by atomic mass is 10.2. The Morgan fingerprint density at radius 1 is 1.37 bits per heavy atom. The Kier molecular flexibility index (Phi) is 5.25. The molecule has 0 aliphatic carbocycles. The normalized spacial score (nSPS) is 14.7. The van der Waals surface area contributed by atoms with Gasteiger partial charge in [0.05, 0.1) is 11.1 Å². The molecule has 1 aromatic carbocycles. The molecule has 0 bridgehead atoms. The smallest absolute Gasteiger partial charge is 0.253 e. The van der Waals surface area contributed by atoms with Gasteiger partial charge in [-0.1, -0.05) is 13.3 Å². The van der Waals surface area contributed by atoms with E-state index in [1.165, 1.54) is 0 Å². The molecule has 104 valence electrons. The first-order chi connectivity index (χ1) is 9.22. The summed E-state index contributed by atoms with van der Waals surface area (Å²) in [6.07, 6.45) is 4.39. The van der Waals surface area contributed by atoms with E-state index >= 15 is 0 Å². The Bertz CT molecular complexity index is 442. The van der Waals surface area contributed by atoms with E-state index in [4.69, 9.17) is 4.74 Å². The van der Waals surface area contributed by atoms with Gasteiger partial charge in [0.2, 0.25) is 0 Å². The maximum Gasteiger partial charge on any atom is 0.253 e. The summed E-state index contributed by atoms with van der Waals surface area (Å²) in [5.41, 5.74) is 0.733. The molecule has 0 saturated carbocycles. The number of benzene rings is 1. The second-order valence-electron chi connectivity index (χ2n) is 4.85. The Morgan fingerprint density at radius 2 is 2.11 bits per heavy atom. The average Bonchev–Trinajstić information content (AvgIpc) is 2.94. The third kappa shape index (κ3) is 3.72. The molecule has 3 nitrogen and oxygen atoms in total. The standard InChI is InChI=1S/C15H20BrNO2/c1-2-3-10-19-14-7-6-12(11-13(14)16)15(18)17-8-4-5-9-17/h6-7,11H,2-5,8-10H2,1H3. The van der Waals surface area contributed by atoms with Crippen molar-refractivity contribution in [2.45, 2.75) is 32.6 Å². The molecular formula is C15H20BrNO2. The third-order valence-electron chi connectivity index (χ3n) is 3.33. The minimum Gasteiger partial charge on any atom is -0.492 e. The van der Waals surface area contributed by atoms with Crippen LogP contribution >= 0.6 is 15.9 Å². The Labute approximate surface area is 123 Å². The topological polar surface area (TPSA) is 29.5 Å². The highest BCUT2D eigenvalue weighted by Gasteiger charge is 2.20. The molecule has 0 spiro atoms. The van der Waals surface area contributed by atoms with Gasteiger partial charge in [-0.3, -0.25) is 4.79 Å². The number of nitrogens with zero attached hydrogens (tertiary/aromatic N) is 1. The van der Waals surface area contributed by atoms with E-state index in [-0.39, 0.29) is 5.91 Å².